The summed E-state index contributed by atoms with van der Waals surface area (Å²) in [6.07, 6.45) is -14.4. The summed E-state index contributed by atoms with van der Waals surface area (Å²) in [7, 11) is 0. The van der Waals surface area contributed by atoms with Gasteiger partial charge in [-0.25, -0.2) is 19.4 Å². The van der Waals surface area contributed by atoms with Crippen molar-refractivity contribution in [2.75, 3.05) is 37.1 Å². The highest BCUT2D eigenvalue weighted by atomic mass is 35.5. The van der Waals surface area contributed by atoms with Crippen molar-refractivity contribution in [3.05, 3.63) is 225 Å². The first-order chi connectivity index (χ1) is 55.9. The van der Waals surface area contributed by atoms with E-state index in [1.807, 2.05) is 24.3 Å². The number of carbonyl (C=O) groups excluding carboxylic acids is 2. The number of aromatic carboxylic acids is 1. The highest BCUT2D eigenvalue weighted by Gasteiger charge is 2.47. The summed E-state index contributed by atoms with van der Waals surface area (Å²) in [5, 5.41) is 15.7. The minimum Gasteiger partial charge on any atom is -0.478 e. The molecule has 0 bridgehead atoms. The quantitative estimate of drug-likeness (QED) is 0.0395. The molecule has 27 nitrogen and oxygen atoms in total. The van der Waals surface area contributed by atoms with Crippen LogP contribution >= 0.6 is 92.8 Å². The van der Waals surface area contributed by atoms with Crippen molar-refractivity contribution in [1.82, 2.24) is 74.8 Å². The topological polar surface area (TPSA) is 344 Å². The Kier molecular flexibility index (Phi) is 32.5. The van der Waals surface area contributed by atoms with E-state index in [1.165, 1.54) is 12.1 Å². The molecule has 0 unspecified atom stereocenters. The number of anilines is 2. The number of esters is 2. The van der Waals surface area contributed by atoms with Crippen LogP contribution in [0.15, 0.2) is 121 Å². The summed E-state index contributed by atoms with van der Waals surface area (Å²) >= 11 is 44.2. The van der Waals surface area contributed by atoms with Gasteiger partial charge in [0, 0.05) is 29.3 Å². The van der Waals surface area contributed by atoms with Crippen molar-refractivity contribution in [1.29, 1.82) is 0 Å². The largest absolute Gasteiger partial charge is 0.478 e. The number of halogens is 20. The third-order valence-corrected chi connectivity index (χ3v) is 16.5. The zero-order valence-electron chi connectivity index (χ0n) is 62.7. The molecular formula is C73H63Cl8F12N17O10. The summed E-state index contributed by atoms with van der Waals surface area (Å²) in [6, 6.07) is 31.8. The number of aromatic nitrogens is 15. The highest BCUT2D eigenvalue weighted by Crippen LogP contribution is 2.49. The normalized spacial score (nSPS) is 13.3. The van der Waals surface area contributed by atoms with Gasteiger partial charge in [0.25, 0.3) is 0 Å². The third kappa shape index (κ3) is 34.2. The standard InChI is InChI=1S/C26H26ClF3N4O3.C22H18ClF3N4O3.C17H17ClF3N3O3.C5H2Cl2F3N3O.C3Cl3N3/c1-24(2,3)37-21(35)17-6-4-16(5-7-17)14-20-31-22(33-23(32-20)36-15-26(28,29)30)34-25(12-13-25)18-8-10-19(27)11-9-18;23-16-7-5-15(6-8-16)21(9-10-21)30-19-27-17(28-20(29-19)33-12-22(24,25)26)11-13-1-3-14(4-2-13)18(31)32;1-16(2,3)27-13(25)11-6-4-10(5-7-11)8-12-22-14(18)24-15(23-12)26-9-17(19,20)21;6-2-11-3(7)13-4(12-2)14-1-5(8,9)10;4-1-7-2(5)9-3(6)8-1/h4-11H,12-15H2,1-3H3,(H,31,32,33,34);1-8H,9-12H2,(H,31,32)(H,27,28,29,30);4-7H,8-9H2,1-3H3;1H2;. The van der Waals surface area contributed by atoms with E-state index in [-0.39, 0.29) is 85.9 Å². The van der Waals surface area contributed by atoms with Crippen molar-refractivity contribution in [2.24, 2.45) is 0 Å². The molecular weight excluding hydrogens is 1790 g/mol. The van der Waals surface area contributed by atoms with Crippen LogP contribution in [0.2, 0.25) is 41.7 Å². The van der Waals surface area contributed by atoms with Crippen LogP contribution in [0.5, 0.6) is 24.0 Å². The molecule has 0 saturated heterocycles. The van der Waals surface area contributed by atoms with Gasteiger partial charge in [0.1, 0.15) is 28.7 Å². The number of nitrogens with one attached hydrogen (secondary N) is 2. The van der Waals surface area contributed by atoms with Crippen LogP contribution in [0.1, 0.15) is 144 Å². The van der Waals surface area contributed by atoms with Gasteiger partial charge in [-0.05, 0) is 225 Å². The van der Waals surface area contributed by atoms with Crippen molar-refractivity contribution >= 4 is 123 Å². The molecule has 0 atom stereocenters. The Labute approximate surface area is 713 Å². The molecule has 120 heavy (non-hydrogen) atoms. The van der Waals surface area contributed by atoms with E-state index in [0.29, 0.717) is 32.3 Å². The first-order valence-corrected chi connectivity index (χ1v) is 37.4. The molecule has 3 N–H and O–H groups in total. The lowest BCUT2D eigenvalue weighted by Gasteiger charge is -2.19. The fraction of sp³-hybridized carbons (Fsp3) is 0.342. The number of rotatable bonds is 23. The maximum atomic E-state index is 12.8. The maximum absolute atomic E-state index is 12.8. The van der Waals surface area contributed by atoms with Crippen LogP contribution in [0, 0.1) is 0 Å². The molecule has 10 aromatic rings. The molecule has 2 aliphatic carbocycles. The Morgan fingerprint density at radius 1 is 0.342 bits per heavy atom. The van der Waals surface area contributed by atoms with Crippen LogP contribution in [-0.2, 0) is 39.8 Å². The maximum Gasteiger partial charge on any atom is 0.422 e. The molecule has 12 rings (SSSR count). The van der Waals surface area contributed by atoms with Gasteiger partial charge < -0.3 is 44.2 Å². The lowest BCUT2D eigenvalue weighted by molar-refractivity contribution is -0.155. The number of nitrogens with zero attached hydrogens (tertiary/aromatic N) is 15. The lowest BCUT2D eigenvalue weighted by Crippen LogP contribution is -2.24. The Hall–Kier alpha value is -10.2. The number of hydrogen-bond acceptors (Lipinski definition) is 26. The van der Waals surface area contributed by atoms with E-state index in [4.69, 9.17) is 117 Å². The van der Waals surface area contributed by atoms with Crippen LogP contribution in [0.25, 0.3) is 0 Å². The molecule has 2 fully saturated rings. The average molecular weight is 1850 g/mol. The Balaban J connectivity index is 0.000000199. The first-order valence-electron chi connectivity index (χ1n) is 34.4. The second-order valence-electron chi connectivity index (χ2n) is 27.3. The van der Waals surface area contributed by atoms with Gasteiger partial charge in [0.15, 0.2) is 26.4 Å². The number of hydrogen-bond donors (Lipinski definition) is 3. The number of ether oxygens (including phenoxy) is 6. The molecule has 0 amide bonds. The third-order valence-electron chi connectivity index (χ3n) is 15.0. The van der Waals surface area contributed by atoms with E-state index in [2.05, 4.69) is 94.9 Å². The minimum absolute atomic E-state index is 0.000000000000000444. The molecule has 0 aliphatic heterocycles. The second kappa shape index (κ2) is 40.9. The SMILES string of the molecule is CC(C)(C)OC(=O)c1ccc(Cc2nc(Cl)nc(OCC(F)(F)F)n2)cc1.CC(C)(C)OC(=O)c1ccc(Cc2nc(NC3(c4ccc(Cl)cc4)CC3)nc(OCC(F)(F)F)n2)cc1.Clc1nc(Cl)nc(Cl)n1.FC(F)(F)COc1nc(Cl)nc(Cl)n1.O=C(O)c1ccc(Cc2nc(NC3(c4ccc(Cl)cc4)CC3)nc(OCC(F)(F)F)n2)cc1. The van der Waals surface area contributed by atoms with Crippen LogP contribution < -0.4 is 29.6 Å². The van der Waals surface area contributed by atoms with E-state index in [1.54, 1.807) is 126 Å². The van der Waals surface area contributed by atoms with Gasteiger partial charge in [-0.3, -0.25) is 0 Å². The predicted molar refractivity (Wildman–Crippen MR) is 412 cm³/mol. The van der Waals surface area contributed by atoms with E-state index >= 15 is 0 Å². The molecule has 2 saturated carbocycles. The zero-order valence-corrected chi connectivity index (χ0v) is 68.8. The van der Waals surface area contributed by atoms with Gasteiger partial charge in [-0.1, -0.05) is 83.9 Å². The highest BCUT2D eigenvalue weighted by molar-refractivity contribution is 6.34. The number of carbonyl (C=O) groups is 3. The predicted octanol–water partition coefficient (Wildman–Crippen LogP) is 18.9. The Morgan fingerprint density at radius 3 is 0.858 bits per heavy atom. The number of benzene rings is 5. The molecule has 0 radical (unpaired) electrons. The zero-order chi connectivity index (χ0) is 88.3. The van der Waals surface area contributed by atoms with Gasteiger partial charge in [-0.15, -0.1) is 0 Å². The summed E-state index contributed by atoms with van der Waals surface area (Å²) in [4.78, 5) is 91.7. The molecule has 47 heteroatoms. The van der Waals surface area contributed by atoms with E-state index in [0.717, 1.165) is 42.4 Å². The molecule has 2 aliphatic rings. The Morgan fingerprint density at radius 2 is 0.592 bits per heavy atom. The monoisotopic (exact) mass is 1850 g/mol. The van der Waals surface area contributed by atoms with Crippen LogP contribution in [0.3, 0.4) is 0 Å². The van der Waals surface area contributed by atoms with Gasteiger partial charge in [0.05, 0.1) is 27.8 Å². The lowest BCUT2D eigenvalue weighted by atomic mass is 10.1. The average Bonchev–Trinajstić information content (AvgIpc) is 1.62. The van der Waals surface area contributed by atoms with Crippen molar-refractivity contribution in [3.8, 4) is 24.0 Å². The number of carboxylic acids is 1. The fourth-order valence-corrected chi connectivity index (χ4v) is 11.0. The molecule has 5 aromatic carbocycles. The van der Waals surface area contributed by atoms with Crippen LogP contribution in [-0.4, -0.2) is 160 Å². The van der Waals surface area contributed by atoms with Gasteiger partial charge in [0.2, 0.25) is 43.6 Å². The van der Waals surface area contributed by atoms with Crippen molar-refractivity contribution in [2.45, 2.75) is 133 Å². The smallest absolute Gasteiger partial charge is 0.422 e. The fourth-order valence-electron chi connectivity index (χ4n) is 9.66. The van der Waals surface area contributed by atoms with E-state index in [9.17, 15) is 67.1 Å². The van der Waals surface area contributed by atoms with Gasteiger partial charge >= 0.3 is 66.7 Å². The molecule has 0 spiro atoms. The number of carboxylic acid groups (broad SMARTS) is 1. The molecule has 5 heterocycles. The first kappa shape index (κ1) is 95.3. The summed E-state index contributed by atoms with van der Waals surface area (Å²) in [5.41, 5.74) is 2.80. The van der Waals surface area contributed by atoms with Gasteiger partial charge in [-0.2, -0.15) is 122 Å². The summed E-state index contributed by atoms with van der Waals surface area (Å²) in [6.45, 7) is 4.54. The van der Waals surface area contributed by atoms with Crippen LogP contribution in [0.4, 0.5) is 64.6 Å². The molecule has 5 aromatic heterocycles. The second-order valence-corrected chi connectivity index (χ2v) is 30.2. The van der Waals surface area contributed by atoms with E-state index < -0.39 is 115 Å². The summed E-state index contributed by atoms with van der Waals surface area (Å²) < 4.78 is 177. The molecule has 640 valence electrons. The summed E-state index contributed by atoms with van der Waals surface area (Å²) in [5.74, 6) is -1.24. The number of alkyl halides is 12. The van der Waals surface area contributed by atoms with Crippen molar-refractivity contribution < 1.29 is 101 Å². The van der Waals surface area contributed by atoms with Crippen molar-refractivity contribution in [3.63, 3.8) is 0 Å². The Bertz CT molecular complexity index is 5080. The minimum atomic E-state index is -4.55.